The first kappa shape index (κ1) is 25.2. The van der Waals surface area contributed by atoms with Gasteiger partial charge in [0, 0.05) is 24.9 Å². The molecule has 0 fully saturated rings. The highest BCUT2D eigenvalue weighted by Crippen LogP contribution is 2.28. The highest BCUT2D eigenvalue weighted by molar-refractivity contribution is 5.68. The lowest BCUT2D eigenvalue weighted by Crippen LogP contribution is -2.33. The second kappa shape index (κ2) is 11.2. The van der Waals surface area contributed by atoms with Gasteiger partial charge in [-0.1, -0.05) is 42.5 Å². The molecule has 2 aromatic heterocycles. The van der Waals surface area contributed by atoms with Crippen LogP contribution in [-0.2, 0) is 24.2 Å². The van der Waals surface area contributed by atoms with E-state index in [2.05, 4.69) is 46.2 Å². The number of hydrogen-bond donors (Lipinski definition) is 1. The lowest BCUT2D eigenvalue weighted by molar-refractivity contribution is 0.0528. The predicted octanol–water partition coefficient (Wildman–Crippen LogP) is 6.18. The Hall–Kier alpha value is -3.93. The summed E-state index contributed by atoms with van der Waals surface area (Å²) < 4.78 is 19.1. The molecule has 2 aromatic carbocycles. The van der Waals surface area contributed by atoms with E-state index in [9.17, 15) is 4.79 Å². The van der Waals surface area contributed by atoms with Crippen LogP contribution in [0.1, 0.15) is 43.2 Å². The molecule has 0 aliphatic rings. The van der Waals surface area contributed by atoms with Crippen LogP contribution in [-0.4, -0.2) is 29.7 Å². The van der Waals surface area contributed by atoms with Gasteiger partial charge in [-0.15, -0.1) is 0 Å². The maximum Gasteiger partial charge on any atom is 0.407 e. The highest BCUT2D eigenvalue weighted by Gasteiger charge is 2.17. The molecule has 0 radical (unpaired) electrons. The van der Waals surface area contributed by atoms with Crippen LogP contribution in [0, 0.1) is 0 Å². The second-order valence-electron chi connectivity index (χ2n) is 9.72. The van der Waals surface area contributed by atoms with Crippen LogP contribution in [0.25, 0.3) is 5.52 Å². The summed E-state index contributed by atoms with van der Waals surface area (Å²) in [6.45, 7) is 6.52. The van der Waals surface area contributed by atoms with Crippen molar-refractivity contribution in [2.75, 3.05) is 13.7 Å². The Kier molecular flexibility index (Phi) is 7.84. The first-order chi connectivity index (χ1) is 17.3. The van der Waals surface area contributed by atoms with E-state index in [-0.39, 0.29) is 0 Å². The summed E-state index contributed by atoms with van der Waals surface area (Å²) in [4.78, 5) is 12.1. The summed E-state index contributed by atoms with van der Waals surface area (Å²) in [5.41, 5.74) is 5.11. The van der Waals surface area contributed by atoms with Gasteiger partial charge in [0.25, 0.3) is 0 Å². The maximum atomic E-state index is 12.1. The fraction of sp³-hybridized carbons (Fsp3) is 0.300. The Balaban J connectivity index is 1.57. The van der Waals surface area contributed by atoms with E-state index in [0.717, 1.165) is 34.6 Å². The first-order valence-corrected chi connectivity index (χ1v) is 12.2. The van der Waals surface area contributed by atoms with E-state index < -0.39 is 11.7 Å². The minimum atomic E-state index is -0.524. The molecule has 1 N–H and O–H groups in total. The van der Waals surface area contributed by atoms with E-state index >= 15 is 0 Å². The molecular formula is C30H34N2O4. The normalized spacial score (nSPS) is 11.3. The molecule has 36 heavy (non-hydrogen) atoms. The summed E-state index contributed by atoms with van der Waals surface area (Å²) in [7, 11) is 1.66. The SMILES string of the molecule is COc1ccc(COc2cccn3c(Cc4ccccc4)c(CCNC(=O)OC(C)(C)C)cc23)cc1. The van der Waals surface area contributed by atoms with Gasteiger partial charge in [-0.05, 0) is 74.2 Å². The lowest BCUT2D eigenvalue weighted by atomic mass is 10.1. The minimum absolute atomic E-state index is 0.403. The number of amides is 1. The number of benzene rings is 2. The van der Waals surface area contributed by atoms with Gasteiger partial charge in [-0.3, -0.25) is 0 Å². The van der Waals surface area contributed by atoms with Crippen LogP contribution in [0.4, 0.5) is 4.79 Å². The van der Waals surface area contributed by atoms with Crippen molar-refractivity contribution in [3.05, 3.63) is 101 Å². The second-order valence-corrected chi connectivity index (χ2v) is 9.72. The zero-order valence-corrected chi connectivity index (χ0v) is 21.4. The first-order valence-electron chi connectivity index (χ1n) is 12.2. The molecule has 6 heteroatoms. The van der Waals surface area contributed by atoms with Crippen molar-refractivity contribution in [3.63, 3.8) is 0 Å². The Labute approximate surface area is 212 Å². The van der Waals surface area contributed by atoms with E-state index in [1.807, 2.05) is 63.2 Å². The highest BCUT2D eigenvalue weighted by atomic mass is 16.6. The quantitative estimate of drug-likeness (QED) is 0.307. The molecule has 188 valence electrons. The number of rotatable bonds is 9. The van der Waals surface area contributed by atoms with Crippen LogP contribution in [0.2, 0.25) is 0 Å². The molecule has 0 unspecified atom stereocenters. The van der Waals surface area contributed by atoms with Crippen LogP contribution >= 0.6 is 0 Å². The van der Waals surface area contributed by atoms with E-state index in [4.69, 9.17) is 14.2 Å². The zero-order chi connectivity index (χ0) is 25.5. The van der Waals surface area contributed by atoms with Crippen molar-refractivity contribution in [1.82, 2.24) is 9.72 Å². The van der Waals surface area contributed by atoms with E-state index in [1.54, 1.807) is 7.11 Å². The summed E-state index contributed by atoms with van der Waals surface area (Å²) >= 11 is 0. The molecule has 2 heterocycles. The smallest absolute Gasteiger partial charge is 0.407 e. The maximum absolute atomic E-state index is 12.1. The molecule has 0 aliphatic heterocycles. The van der Waals surface area contributed by atoms with Gasteiger partial charge in [0.1, 0.15) is 23.7 Å². The predicted molar refractivity (Wildman–Crippen MR) is 142 cm³/mol. The number of nitrogens with zero attached hydrogens (tertiary/aromatic N) is 1. The topological polar surface area (TPSA) is 61.2 Å². The number of carbonyl (C=O) groups excluding carboxylic acids is 1. The molecule has 0 bridgehead atoms. The number of pyridine rings is 1. The van der Waals surface area contributed by atoms with Crippen LogP contribution < -0.4 is 14.8 Å². The third kappa shape index (κ3) is 6.60. The molecule has 4 aromatic rings. The molecule has 0 saturated heterocycles. The number of carbonyl (C=O) groups is 1. The third-order valence-electron chi connectivity index (χ3n) is 5.80. The van der Waals surface area contributed by atoms with Crippen molar-refractivity contribution in [2.24, 2.45) is 0 Å². The van der Waals surface area contributed by atoms with Gasteiger partial charge < -0.3 is 23.9 Å². The molecule has 0 spiro atoms. The molecule has 0 saturated carbocycles. The zero-order valence-electron chi connectivity index (χ0n) is 21.4. The van der Waals surface area contributed by atoms with E-state index in [1.165, 1.54) is 11.3 Å². The van der Waals surface area contributed by atoms with Crippen molar-refractivity contribution in [2.45, 2.75) is 45.8 Å². The number of nitrogens with one attached hydrogen (secondary N) is 1. The number of hydrogen-bond acceptors (Lipinski definition) is 4. The number of methoxy groups -OCH3 is 1. The largest absolute Gasteiger partial charge is 0.497 e. The molecular weight excluding hydrogens is 452 g/mol. The van der Waals surface area contributed by atoms with E-state index in [0.29, 0.717) is 19.6 Å². The monoisotopic (exact) mass is 486 g/mol. The van der Waals surface area contributed by atoms with Crippen LogP contribution in [0.15, 0.2) is 79.0 Å². The Morgan fingerprint density at radius 1 is 0.944 bits per heavy atom. The Morgan fingerprint density at radius 3 is 2.39 bits per heavy atom. The average molecular weight is 487 g/mol. The summed E-state index contributed by atoms with van der Waals surface area (Å²) in [5, 5.41) is 2.88. The van der Waals surface area contributed by atoms with Gasteiger partial charge in [-0.2, -0.15) is 0 Å². The van der Waals surface area contributed by atoms with Gasteiger partial charge in [0.15, 0.2) is 0 Å². The standard InChI is InChI=1S/C30H34N2O4/c1-30(2,3)36-29(33)31-17-16-24-20-27-28(35-21-23-12-14-25(34-4)15-13-23)11-8-18-32(27)26(24)19-22-9-6-5-7-10-22/h5-15,18,20H,16-17,19,21H2,1-4H3,(H,31,33). The molecule has 1 amide bonds. The third-order valence-corrected chi connectivity index (χ3v) is 5.80. The summed E-state index contributed by atoms with van der Waals surface area (Å²) in [6.07, 6.45) is 3.12. The van der Waals surface area contributed by atoms with Crippen molar-refractivity contribution in [1.29, 1.82) is 0 Å². The van der Waals surface area contributed by atoms with Crippen molar-refractivity contribution < 1.29 is 19.0 Å². The van der Waals surface area contributed by atoms with Gasteiger partial charge >= 0.3 is 6.09 Å². The van der Waals surface area contributed by atoms with Crippen LogP contribution in [0.5, 0.6) is 11.5 Å². The van der Waals surface area contributed by atoms with Crippen molar-refractivity contribution >= 4 is 11.6 Å². The van der Waals surface area contributed by atoms with Crippen molar-refractivity contribution in [3.8, 4) is 11.5 Å². The van der Waals surface area contributed by atoms with Gasteiger partial charge in [0.05, 0.1) is 12.6 Å². The summed E-state index contributed by atoms with van der Waals surface area (Å²) in [5.74, 6) is 1.64. The molecule has 4 rings (SSSR count). The minimum Gasteiger partial charge on any atom is -0.497 e. The van der Waals surface area contributed by atoms with Gasteiger partial charge in [-0.25, -0.2) is 4.79 Å². The molecule has 0 atom stereocenters. The number of ether oxygens (including phenoxy) is 3. The molecule has 0 aliphatic carbocycles. The average Bonchev–Trinajstić information content (AvgIpc) is 3.20. The molecule has 6 nitrogen and oxygen atoms in total. The Morgan fingerprint density at radius 2 is 1.69 bits per heavy atom. The number of aromatic nitrogens is 1. The van der Waals surface area contributed by atoms with Gasteiger partial charge in [0.2, 0.25) is 0 Å². The fourth-order valence-corrected chi connectivity index (χ4v) is 4.10. The lowest BCUT2D eigenvalue weighted by Gasteiger charge is -2.19. The Bertz CT molecular complexity index is 1290. The fourth-order valence-electron chi connectivity index (χ4n) is 4.10. The number of alkyl carbamates (subject to hydrolysis) is 1. The summed E-state index contributed by atoms with van der Waals surface area (Å²) in [6, 6.07) is 24.4. The number of fused-ring (bicyclic) bond motifs is 1. The van der Waals surface area contributed by atoms with Crippen LogP contribution in [0.3, 0.4) is 0 Å².